The predicted octanol–water partition coefficient (Wildman–Crippen LogP) is 1.32. The van der Waals surface area contributed by atoms with E-state index in [1.54, 1.807) is 20.3 Å². The van der Waals surface area contributed by atoms with Crippen LogP contribution in [0, 0.1) is 0 Å². The second-order valence-corrected chi connectivity index (χ2v) is 3.72. The van der Waals surface area contributed by atoms with Gasteiger partial charge in [0.2, 0.25) is 5.88 Å². The second kappa shape index (κ2) is 9.04. The molecule has 0 aliphatic heterocycles. The summed E-state index contributed by atoms with van der Waals surface area (Å²) in [7, 11) is 3.19. The first-order valence-electron chi connectivity index (χ1n) is 5.48. The molecule has 0 aliphatic rings. The van der Waals surface area contributed by atoms with Crippen molar-refractivity contribution < 1.29 is 18.9 Å². The Morgan fingerprint density at radius 1 is 1.06 bits per heavy atom. The summed E-state index contributed by atoms with van der Waals surface area (Å²) in [4.78, 5) is 8.13. The molecule has 0 unspecified atom stereocenters. The van der Waals surface area contributed by atoms with Gasteiger partial charge in [0.1, 0.15) is 18.4 Å². The van der Waals surface area contributed by atoms with E-state index in [0.29, 0.717) is 49.9 Å². The van der Waals surface area contributed by atoms with Crippen molar-refractivity contribution in [1.82, 2.24) is 9.97 Å². The van der Waals surface area contributed by atoms with E-state index in [9.17, 15) is 0 Å². The van der Waals surface area contributed by atoms with Gasteiger partial charge in [-0.05, 0) is 0 Å². The molecule has 1 rings (SSSR count). The third-order valence-electron chi connectivity index (χ3n) is 1.90. The third kappa shape index (κ3) is 6.11. The Balaban J connectivity index is 2.32. The molecule has 0 fully saturated rings. The van der Waals surface area contributed by atoms with E-state index in [1.165, 1.54) is 0 Å². The van der Waals surface area contributed by atoms with Crippen molar-refractivity contribution in [3.63, 3.8) is 0 Å². The Morgan fingerprint density at radius 3 is 2.56 bits per heavy atom. The molecule has 102 valence electrons. The summed E-state index contributed by atoms with van der Waals surface area (Å²) in [5.74, 6) is 0.901. The van der Waals surface area contributed by atoms with E-state index >= 15 is 0 Å². The van der Waals surface area contributed by atoms with Crippen LogP contribution in [0.1, 0.15) is 5.82 Å². The van der Waals surface area contributed by atoms with Crippen LogP contribution in [0.4, 0.5) is 0 Å². The van der Waals surface area contributed by atoms with E-state index in [0.717, 1.165) is 0 Å². The fourth-order valence-corrected chi connectivity index (χ4v) is 1.35. The Labute approximate surface area is 111 Å². The SMILES string of the molecule is COCCOCCOc1cc(Cl)nc(COC)n1. The highest BCUT2D eigenvalue weighted by Gasteiger charge is 2.04. The fourth-order valence-electron chi connectivity index (χ4n) is 1.16. The lowest BCUT2D eigenvalue weighted by atomic mass is 10.5. The van der Waals surface area contributed by atoms with Gasteiger partial charge < -0.3 is 18.9 Å². The van der Waals surface area contributed by atoms with E-state index in [4.69, 9.17) is 30.5 Å². The fraction of sp³-hybridized carbons (Fsp3) is 0.636. The molecule has 0 saturated carbocycles. The van der Waals surface area contributed by atoms with Crippen molar-refractivity contribution in [2.75, 3.05) is 40.6 Å². The van der Waals surface area contributed by atoms with Crippen molar-refractivity contribution in [2.45, 2.75) is 6.61 Å². The minimum absolute atomic E-state index is 0.293. The van der Waals surface area contributed by atoms with Gasteiger partial charge in [-0.2, -0.15) is 4.98 Å². The molecule has 0 saturated heterocycles. The smallest absolute Gasteiger partial charge is 0.218 e. The van der Waals surface area contributed by atoms with Crippen LogP contribution in [0.3, 0.4) is 0 Å². The minimum Gasteiger partial charge on any atom is -0.475 e. The maximum Gasteiger partial charge on any atom is 0.218 e. The highest BCUT2D eigenvalue weighted by molar-refractivity contribution is 6.29. The molecule has 1 aromatic rings. The summed E-state index contributed by atoms with van der Waals surface area (Å²) in [6.07, 6.45) is 0. The van der Waals surface area contributed by atoms with Crippen LogP contribution in [-0.4, -0.2) is 50.6 Å². The van der Waals surface area contributed by atoms with Gasteiger partial charge in [0, 0.05) is 20.3 Å². The highest BCUT2D eigenvalue weighted by Crippen LogP contribution is 2.13. The zero-order chi connectivity index (χ0) is 13.2. The lowest BCUT2D eigenvalue weighted by Gasteiger charge is -2.07. The summed E-state index contributed by atoms with van der Waals surface area (Å²) < 4.78 is 20.4. The van der Waals surface area contributed by atoms with E-state index in [-0.39, 0.29) is 0 Å². The van der Waals surface area contributed by atoms with E-state index in [2.05, 4.69) is 9.97 Å². The molecular formula is C11H17ClN2O4. The summed E-state index contributed by atoms with van der Waals surface area (Å²) in [5, 5.41) is 0.326. The molecule has 0 N–H and O–H groups in total. The Morgan fingerprint density at radius 2 is 1.83 bits per heavy atom. The van der Waals surface area contributed by atoms with Crippen LogP contribution in [0.2, 0.25) is 5.15 Å². The van der Waals surface area contributed by atoms with Crippen LogP contribution < -0.4 is 4.74 Å². The van der Waals surface area contributed by atoms with Crippen LogP contribution in [0.15, 0.2) is 6.07 Å². The van der Waals surface area contributed by atoms with Crippen molar-refractivity contribution in [3.05, 3.63) is 17.0 Å². The van der Waals surface area contributed by atoms with Crippen LogP contribution in [0.5, 0.6) is 5.88 Å². The van der Waals surface area contributed by atoms with Gasteiger partial charge in [0.05, 0.1) is 19.8 Å². The molecule has 0 aliphatic carbocycles. The van der Waals surface area contributed by atoms with Crippen molar-refractivity contribution in [3.8, 4) is 5.88 Å². The van der Waals surface area contributed by atoms with Gasteiger partial charge in [-0.15, -0.1) is 0 Å². The summed E-state index contributed by atoms with van der Waals surface area (Å²) >= 11 is 5.83. The average molecular weight is 277 g/mol. The van der Waals surface area contributed by atoms with E-state index in [1.807, 2.05) is 0 Å². The Bertz CT molecular complexity index is 352. The van der Waals surface area contributed by atoms with Crippen molar-refractivity contribution in [1.29, 1.82) is 0 Å². The maximum absolute atomic E-state index is 5.83. The number of halogens is 1. The van der Waals surface area contributed by atoms with Crippen molar-refractivity contribution in [2.24, 2.45) is 0 Å². The molecule has 0 aromatic carbocycles. The number of aromatic nitrogens is 2. The summed E-state index contributed by atoms with van der Waals surface area (Å²) in [6, 6.07) is 1.55. The van der Waals surface area contributed by atoms with Gasteiger partial charge in [-0.25, -0.2) is 4.98 Å². The molecule has 0 atom stereocenters. The van der Waals surface area contributed by atoms with Crippen LogP contribution in [-0.2, 0) is 20.8 Å². The summed E-state index contributed by atoms with van der Waals surface area (Å²) in [6.45, 7) is 2.26. The molecule has 6 nitrogen and oxygen atoms in total. The molecule has 1 aromatic heterocycles. The zero-order valence-corrected chi connectivity index (χ0v) is 11.3. The topological polar surface area (TPSA) is 62.7 Å². The number of hydrogen-bond donors (Lipinski definition) is 0. The van der Waals surface area contributed by atoms with Gasteiger partial charge in [0.25, 0.3) is 0 Å². The Kier molecular flexibility index (Phi) is 7.59. The van der Waals surface area contributed by atoms with Gasteiger partial charge in [-0.1, -0.05) is 11.6 Å². The third-order valence-corrected chi connectivity index (χ3v) is 2.09. The van der Waals surface area contributed by atoms with Crippen LogP contribution >= 0.6 is 11.6 Å². The molecule has 0 radical (unpaired) electrons. The number of nitrogens with zero attached hydrogens (tertiary/aromatic N) is 2. The quantitative estimate of drug-likeness (QED) is 0.501. The molecule has 1 heterocycles. The number of ether oxygens (including phenoxy) is 4. The largest absolute Gasteiger partial charge is 0.475 e. The average Bonchev–Trinajstić information content (AvgIpc) is 2.33. The van der Waals surface area contributed by atoms with Gasteiger partial charge in [-0.3, -0.25) is 0 Å². The molecule has 0 bridgehead atoms. The molecule has 18 heavy (non-hydrogen) atoms. The first-order chi connectivity index (χ1) is 8.76. The first kappa shape index (κ1) is 15.1. The molecule has 0 amide bonds. The number of hydrogen-bond acceptors (Lipinski definition) is 6. The normalized spacial score (nSPS) is 10.6. The molecule has 0 spiro atoms. The van der Waals surface area contributed by atoms with E-state index < -0.39 is 0 Å². The standard InChI is InChI=1S/C11H17ClN2O4/c1-15-3-4-17-5-6-18-11-7-9(12)13-10(14-11)8-16-2/h7H,3-6,8H2,1-2H3. The second-order valence-electron chi connectivity index (χ2n) is 3.33. The lowest BCUT2D eigenvalue weighted by molar-refractivity contribution is 0.0535. The number of methoxy groups -OCH3 is 2. The summed E-state index contributed by atoms with van der Waals surface area (Å²) in [5.41, 5.74) is 0. The maximum atomic E-state index is 5.83. The van der Waals surface area contributed by atoms with Gasteiger partial charge in [0.15, 0.2) is 5.82 Å². The molecule has 7 heteroatoms. The van der Waals surface area contributed by atoms with Crippen LogP contribution in [0.25, 0.3) is 0 Å². The lowest BCUT2D eigenvalue weighted by Crippen LogP contribution is -2.11. The zero-order valence-electron chi connectivity index (χ0n) is 10.5. The minimum atomic E-state index is 0.293. The first-order valence-corrected chi connectivity index (χ1v) is 5.86. The highest BCUT2D eigenvalue weighted by atomic mass is 35.5. The Hall–Kier alpha value is -0.950. The molecular weight excluding hydrogens is 260 g/mol. The predicted molar refractivity (Wildman–Crippen MR) is 65.9 cm³/mol. The van der Waals surface area contributed by atoms with Gasteiger partial charge >= 0.3 is 0 Å². The monoisotopic (exact) mass is 276 g/mol. The van der Waals surface area contributed by atoms with Crippen molar-refractivity contribution >= 4 is 11.6 Å². The number of rotatable bonds is 9.